The van der Waals surface area contributed by atoms with Gasteiger partial charge >= 0.3 is 12.1 Å². The molecular weight excluding hydrogens is 346 g/mol. The Morgan fingerprint density at radius 1 is 1.11 bits per heavy atom. The zero-order chi connectivity index (χ0) is 18.6. The highest BCUT2D eigenvalue weighted by molar-refractivity contribution is 5.98. The van der Waals surface area contributed by atoms with E-state index in [1.54, 1.807) is 18.2 Å². The Bertz CT molecular complexity index is 855. The van der Waals surface area contributed by atoms with Crippen molar-refractivity contribution in [2.24, 2.45) is 0 Å². The van der Waals surface area contributed by atoms with Gasteiger partial charge in [0.05, 0.1) is 24.5 Å². The number of carbonyl (C=O) groups excluding carboxylic acids is 2. The zero-order valence-electron chi connectivity index (χ0n) is 14.8. The van der Waals surface area contributed by atoms with Crippen molar-refractivity contribution in [1.29, 1.82) is 0 Å². The van der Waals surface area contributed by atoms with E-state index in [1.807, 2.05) is 24.3 Å². The molecule has 0 bridgehead atoms. The summed E-state index contributed by atoms with van der Waals surface area (Å²) in [5.74, 6) is 0. The number of benzene rings is 2. The van der Waals surface area contributed by atoms with E-state index in [4.69, 9.17) is 9.47 Å². The summed E-state index contributed by atoms with van der Waals surface area (Å²) in [7, 11) is 0. The summed E-state index contributed by atoms with van der Waals surface area (Å²) in [6, 6.07) is 14.9. The van der Waals surface area contributed by atoms with Gasteiger partial charge in [-0.2, -0.15) is 0 Å². The van der Waals surface area contributed by atoms with Crippen LogP contribution in [0.2, 0.25) is 0 Å². The molecule has 4 rings (SSSR count). The number of hydrogen-bond donors (Lipinski definition) is 2. The van der Waals surface area contributed by atoms with Crippen LogP contribution in [-0.4, -0.2) is 38.4 Å². The lowest BCUT2D eigenvalue weighted by atomic mass is 9.98. The van der Waals surface area contributed by atoms with Crippen molar-refractivity contribution >= 4 is 23.5 Å². The topological polar surface area (TPSA) is 79.9 Å². The molecule has 2 aliphatic rings. The number of fused-ring (bicyclic) bond motifs is 1. The molecule has 0 aliphatic carbocycles. The minimum atomic E-state index is -0.406. The average Bonchev–Trinajstić information content (AvgIpc) is 3.12. The highest BCUT2D eigenvalue weighted by Crippen LogP contribution is 2.28. The van der Waals surface area contributed by atoms with Crippen molar-refractivity contribution in [3.63, 3.8) is 0 Å². The molecule has 1 unspecified atom stereocenters. The summed E-state index contributed by atoms with van der Waals surface area (Å²) in [6.45, 7) is 1.82. The van der Waals surface area contributed by atoms with E-state index in [0.717, 1.165) is 12.0 Å². The van der Waals surface area contributed by atoms with Gasteiger partial charge in [-0.3, -0.25) is 4.90 Å². The summed E-state index contributed by atoms with van der Waals surface area (Å²) < 4.78 is 10.8. The lowest BCUT2D eigenvalue weighted by molar-refractivity contribution is 0.0444. The van der Waals surface area contributed by atoms with E-state index in [2.05, 4.69) is 16.7 Å². The number of nitrogens with one attached hydrogen (secondary N) is 2. The van der Waals surface area contributed by atoms with Crippen LogP contribution in [-0.2, 0) is 15.9 Å². The first-order chi connectivity index (χ1) is 13.2. The second-order valence-corrected chi connectivity index (χ2v) is 6.43. The van der Waals surface area contributed by atoms with E-state index >= 15 is 0 Å². The fourth-order valence-electron chi connectivity index (χ4n) is 3.42. The first-order valence-electron chi connectivity index (χ1n) is 9.00. The third-order valence-corrected chi connectivity index (χ3v) is 4.74. The molecule has 1 saturated heterocycles. The van der Waals surface area contributed by atoms with Crippen molar-refractivity contribution < 1.29 is 19.1 Å². The molecule has 0 radical (unpaired) electrons. The van der Waals surface area contributed by atoms with Gasteiger partial charge in [-0.1, -0.05) is 36.4 Å². The Balaban J connectivity index is 1.40. The number of rotatable bonds is 4. The first kappa shape index (κ1) is 17.4. The summed E-state index contributed by atoms with van der Waals surface area (Å²) in [6.07, 6.45) is 0.319. The maximum absolute atomic E-state index is 12.4. The molecule has 2 aliphatic heterocycles. The Morgan fingerprint density at radius 2 is 1.93 bits per heavy atom. The molecule has 2 N–H and O–H groups in total. The Labute approximate surface area is 157 Å². The van der Waals surface area contributed by atoms with Crippen LogP contribution in [0.4, 0.5) is 21.0 Å². The standard InChI is InChI=1S/C20H21N3O4/c24-19(21-13-18-15-6-2-1-5-14(15)9-11-26-18)22-16-7-3-4-8-17(16)23-10-12-27-20(23)25/h1-8,18H,9-13H2,(H2,21,22,24). The van der Waals surface area contributed by atoms with Crippen LogP contribution in [0.25, 0.3) is 0 Å². The number of cyclic esters (lactones) is 1. The number of urea groups is 1. The van der Waals surface area contributed by atoms with Gasteiger partial charge in [-0.25, -0.2) is 9.59 Å². The van der Waals surface area contributed by atoms with E-state index in [0.29, 0.717) is 37.7 Å². The van der Waals surface area contributed by atoms with Gasteiger partial charge in [0, 0.05) is 6.54 Å². The maximum atomic E-state index is 12.4. The minimum Gasteiger partial charge on any atom is -0.447 e. The van der Waals surface area contributed by atoms with E-state index in [1.165, 1.54) is 10.5 Å². The maximum Gasteiger partial charge on any atom is 0.414 e. The fraction of sp³-hybridized carbons (Fsp3) is 0.300. The molecule has 0 spiro atoms. The highest BCUT2D eigenvalue weighted by Gasteiger charge is 2.26. The molecule has 2 aromatic carbocycles. The van der Waals surface area contributed by atoms with Crippen molar-refractivity contribution in [2.75, 3.05) is 36.5 Å². The third kappa shape index (κ3) is 3.73. The number of hydrogen-bond acceptors (Lipinski definition) is 4. The van der Waals surface area contributed by atoms with Crippen LogP contribution in [0, 0.1) is 0 Å². The van der Waals surface area contributed by atoms with Gasteiger partial charge in [0.2, 0.25) is 0 Å². The Kier molecular flexibility index (Phi) is 4.93. The van der Waals surface area contributed by atoms with Crippen LogP contribution in [0.1, 0.15) is 17.2 Å². The smallest absolute Gasteiger partial charge is 0.414 e. The van der Waals surface area contributed by atoms with Crippen molar-refractivity contribution in [2.45, 2.75) is 12.5 Å². The monoisotopic (exact) mass is 367 g/mol. The number of amides is 3. The molecule has 0 aromatic heterocycles. The first-order valence-corrected chi connectivity index (χ1v) is 9.00. The predicted molar refractivity (Wildman–Crippen MR) is 101 cm³/mol. The lowest BCUT2D eigenvalue weighted by Crippen LogP contribution is -2.35. The SMILES string of the molecule is O=C(NCC1OCCc2ccccc21)Nc1ccccc1N1CCOC1=O. The van der Waals surface area contributed by atoms with Gasteiger partial charge in [0.1, 0.15) is 12.7 Å². The van der Waals surface area contributed by atoms with Crippen LogP contribution in [0.15, 0.2) is 48.5 Å². The molecule has 2 aromatic rings. The largest absolute Gasteiger partial charge is 0.447 e. The number of anilines is 2. The molecule has 1 fully saturated rings. The summed E-state index contributed by atoms with van der Waals surface area (Å²) in [4.78, 5) is 25.7. The number of para-hydroxylation sites is 2. The second kappa shape index (κ2) is 7.67. The van der Waals surface area contributed by atoms with Crippen molar-refractivity contribution in [3.05, 3.63) is 59.7 Å². The molecule has 27 heavy (non-hydrogen) atoms. The molecule has 140 valence electrons. The second-order valence-electron chi connectivity index (χ2n) is 6.43. The fourth-order valence-corrected chi connectivity index (χ4v) is 3.42. The van der Waals surface area contributed by atoms with E-state index < -0.39 is 6.09 Å². The van der Waals surface area contributed by atoms with E-state index in [9.17, 15) is 9.59 Å². The van der Waals surface area contributed by atoms with Crippen molar-refractivity contribution in [1.82, 2.24) is 5.32 Å². The number of carbonyl (C=O) groups is 2. The molecule has 2 heterocycles. The van der Waals surface area contributed by atoms with E-state index in [-0.39, 0.29) is 12.1 Å². The van der Waals surface area contributed by atoms with Gasteiger partial charge in [0.25, 0.3) is 0 Å². The summed E-state index contributed by atoms with van der Waals surface area (Å²) >= 11 is 0. The Hall–Kier alpha value is -3.06. The van der Waals surface area contributed by atoms with Crippen molar-refractivity contribution in [3.8, 4) is 0 Å². The molecule has 3 amide bonds. The van der Waals surface area contributed by atoms with Crippen LogP contribution >= 0.6 is 0 Å². The predicted octanol–water partition coefficient (Wildman–Crippen LogP) is 3.08. The number of nitrogens with zero attached hydrogens (tertiary/aromatic N) is 1. The lowest BCUT2D eigenvalue weighted by Gasteiger charge is -2.26. The molecular formula is C20H21N3O4. The summed E-state index contributed by atoms with van der Waals surface area (Å²) in [5.41, 5.74) is 3.55. The normalized spacial score (nSPS) is 18.6. The van der Waals surface area contributed by atoms with Crippen LogP contribution < -0.4 is 15.5 Å². The Morgan fingerprint density at radius 3 is 2.78 bits per heavy atom. The van der Waals surface area contributed by atoms with Gasteiger partial charge in [0.15, 0.2) is 0 Å². The van der Waals surface area contributed by atoms with Gasteiger partial charge in [-0.05, 0) is 29.7 Å². The molecule has 7 heteroatoms. The number of ether oxygens (including phenoxy) is 2. The van der Waals surface area contributed by atoms with Crippen LogP contribution in [0.3, 0.4) is 0 Å². The quantitative estimate of drug-likeness (QED) is 0.870. The average molecular weight is 367 g/mol. The molecule has 0 saturated carbocycles. The third-order valence-electron chi connectivity index (χ3n) is 4.74. The zero-order valence-corrected chi connectivity index (χ0v) is 14.8. The summed E-state index contributed by atoms with van der Waals surface area (Å²) in [5, 5.41) is 5.68. The molecule has 1 atom stereocenters. The van der Waals surface area contributed by atoms with Gasteiger partial charge < -0.3 is 20.1 Å². The molecule has 7 nitrogen and oxygen atoms in total. The highest BCUT2D eigenvalue weighted by atomic mass is 16.6. The minimum absolute atomic E-state index is 0.162. The van der Waals surface area contributed by atoms with Gasteiger partial charge in [-0.15, -0.1) is 0 Å². The van der Waals surface area contributed by atoms with Crippen LogP contribution in [0.5, 0.6) is 0 Å².